The van der Waals surface area contributed by atoms with Crippen LogP contribution in [0.15, 0.2) is 48.5 Å². The average Bonchev–Trinajstić information content (AvgIpc) is 2.63. The van der Waals surface area contributed by atoms with Crippen LogP contribution in [0.3, 0.4) is 0 Å². The highest BCUT2D eigenvalue weighted by molar-refractivity contribution is 6.30. The van der Waals surface area contributed by atoms with E-state index in [1.807, 2.05) is 13.8 Å². The molecule has 0 heterocycles. The molecule has 1 N–H and O–H groups in total. The molecular weight excluding hydrogens is 352 g/mol. The minimum atomic E-state index is -0.698. The molecular formula is C20H21ClN2O3. The fourth-order valence-electron chi connectivity index (χ4n) is 2.29. The third kappa shape index (κ3) is 5.68. The van der Waals surface area contributed by atoms with Crippen molar-refractivity contribution in [2.24, 2.45) is 5.92 Å². The predicted molar refractivity (Wildman–Crippen MR) is 100 cm³/mol. The number of nitrogens with one attached hydrogen (secondary N) is 1. The number of carbonyl (C=O) groups is 1. The summed E-state index contributed by atoms with van der Waals surface area (Å²) in [7, 11) is 0. The maximum absolute atomic E-state index is 12.5. The number of amides is 1. The molecule has 0 aliphatic rings. The molecule has 2 aromatic rings. The van der Waals surface area contributed by atoms with Crippen LogP contribution in [0.5, 0.6) is 11.5 Å². The highest BCUT2D eigenvalue weighted by Gasteiger charge is 2.24. The summed E-state index contributed by atoms with van der Waals surface area (Å²) in [6.45, 7) is 4.42. The molecule has 0 radical (unpaired) electrons. The number of para-hydroxylation sites is 1. The van der Waals surface area contributed by atoms with Crippen molar-refractivity contribution in [3.05, 3.63) is 59.1 Å². The number of halogens is 1. The van der Waals surface area contributed by atoms with E-state index in [9.17, 15) is 4.79 Å². The Bertz CT molecular complexity index is 787. The lowest BCUT2D eigenvalue weighted by Crippen LogP contribution is -2.43. The van der Waals surface area contributed by atoms with Gasteiger partial charge in [0.25, 0.3) is 5.91 Å². The summed E-state index contributed by atoms with van der Waals surface area (Å²) in [6, 6.07) is 16.0. The van der Waals surface area contributed by atoms with Crippen LogP contribution >= 0.6 is 11.6 Å². The molecule has 0 aromatic heterocycles. The van der Waals surface area contributed by atoms with Crippen LogP contribution in [-0.4, -0.2) is 25.2 Å². The lowest BCUT2D eigenvalue weighted by atomic mass is 10.1. The van der Waals surface area contributed by atoms with Crippen molar-refractivity contribution < 1.29 is 14.3 Å². The Kier molecular flexibility index (Phi) is 7.31. The van der Waals surface area contributed by atoms with E-state index in [4.69, 9.17) is 26.3 Å². The third-order valence-corrected chi connectivity index (χ3v) is 3.83. The topological polar surface area (TPSA) is 71.3 Å². The summed E-state index contributed by atoms with van der Waals surface area (Å²) in [5, 5.41) is 12.5. The Morgan fingerprint density at radius 1 is 1.23 bits per heavy atom. The minimum Gasteiger partial charge on any atom is -0.492 e. The predicted octanol–water partition coefficient (Wildman–Crippen LogP) is 3.81. The number of hydrogen-bond acceptors (Lipinski definition) is 4. The normalized spacial score (nSPS) is 11.5. The smallest absolute Gasteiger partial charge is 0.261 e. The average molecular weight is 373 g/mol. The lowest BCUT2D eigenvalue weighted by molar-refractivity contribution is -0.129. The summed E-state index contributed by atoms with van der Waals surface area (Å²) in [5.74, 6) is 0.739. The van der Waals surface area contributed by atoms with Gasteiger partial charge in [-0.15, -0.1) is 0 Å². The van der Waals surface area contributed by atoms with Crippen LogP contribution in [0, 0.1) is 17.2 Å². The van der Waals surface area contributed by atoms with Gasteiger partial charge in [-0.05, 0) is 36.2 Å². The highest BCUT2D eigenvalue weighted by Crippen LogP contribution is 2.21. The van der Waals surface area contributed by atoms with Gasteiger partial charge in [-0.25, -0.2) is 0 Å². The van der Waals surface area contributed by atoms with Crippen molar-refractivity contribution >= 4 is 17.5 Å². The molecule has 0 spiro atoms. The van der Waals surface area contributed by atoms with E-state index in [1.54, 1.807) is 48.5 Å². The van der Waals surface area contributed by atoms with Crippen LogP contribution in [0.4, 0.5) is 0 Å². The van der Waals surface area contributed by atoms with Gasteiger partial charge in [0.05, 0.1) is 12.1 Å². The van der Waals surface area contributed by atoms with Gasteiger partial charge >= 0.3 is 0 Å². The molecule has 0 aliphatic carbocycles. The van der Waals surface area contributed by atoms with Crippen molar-refractivity contribution in [2.75, 3.05) is 13.2 Å². The molecule has 0 aliphatic heterocycles. The van der Waals surface area contributed by atoms with Gasteiger partial charge < -0.3 is 14.8 Å². The number of nitrogens with zero attached hydrogens (tertiary/aromatic N) is 1. The van der Waals surface area contributed by atoms with E-state index < -0.39 is 6.10 Å². The largest absolute Gasteiger partial charge is 0.492 e. The van der Waals surface area contributed by atoms with Crippen molar-refractivity contribution in [1.29, 1.82) is 5.26 Å². The Labute approximate surface area is 158 Å². The number of hydrogen-bond donors (Lipinski definition) is 1. The number of ether oxygens (including phenoxy) is 2. The van der Waals surface area contributed by atoms with Gasteiger partial charge in [0, 0.05) is 5.02 Å². The van der Waals surface area contributed by atoms with Crippen LogP contribution in [0.25, 0.3) is 0 Å². The summed E-state index contributed by atoms with van der Waals surface area (Å²) in [5.41, 5.74) is 0.398. The zero-order valence-electron chi connectivity index (χ0n) is 14.7. The van der Waals surface area contributed by atoms with Crippen molar-refractivity contribution in [2.45, 2.75) is 20.0 Å². The van der Waals surface area contributed by atoms with Gasteiger partial charge in [0.15, 0.2) is 6.10 Å². The van der Waals surface area contributed by atoms with E-state index >= 15 is 0 Å². The molecule has 136 valence electrons. The molecule has 1 amide bonds. The maximum atomic E-state index is 12.5. The molecule has 0 fully saturated rings. The number of carbonyl (C=O) groups excluding carboxylic acids is 1. The fourth-order valence-corrected chi connectivity index (χ4v) is 2.47. The third-order valence-electron chi connectivity index (χ3n) is 3.59. The van der Waals surface area contributed by atoms with E-state index in [0.29, 0.717) is 35.2 Å². The monoisotopic (exact) mass is 372 g/mol. The number of benzene rings is 2. The van der Waals surface area contributed by atoms with Gasteiger partial charge in [-0.2, -0.15) is 5.26 Å². The second-order valence-corrected chi connectivity index (χ2v) is 6.42. The van der Waals surface area contributed by atoms with E-state index in [1.165, 1.54) is 0 Å². The second-order valence-electron chi connectivity index (χ2n) is 5.99. The van der Waals surface area contributed by atoms with Gasteiger partial charge in [-0.1, -0.05) is 43.6 Å². The molecule has 6 heteroatoms. The Morgan fingerprint density at radius 2 is 2.00 bits per heavy atom. The van der Waals surface area contributed by atoms with Crippen LogP contribution in [0.1, 0.15) is 19.4 Å². The molecule has 1 unspecified atom stereocenters. The lowest BCUT2D eigenvalue weighted by Gasteiger charge is -2.22. The summed E-state index contributed by atoms with van der Waals surface area (Å²) < 4.78 is 11.3. The van der Waals surface area contributed by atoms with E-state index in [0.717, 1.165) is 0 Å². The SMILES string of the molecule is CC(C)C(Oc1ccccc1C#N)C(=O)NCCOc1cccc(Cl)c1. The van der Waals surface area contributed by atoms with Crippen LogP contribution < -0.4 is 14.8 Å². The summed E-state index contributed by atoms with van der Waals surface area (Å²) >= 11 is 5.90. The zero-order valence-corrected chi connectivity index (χ0v) is 15.5. The summed E-state index contributed by atoms with van der Waals surface area (Å²) in [4.78, 5) is 12.5. The highest BCUT2D eigenvalue weighted by atomic mass is 35.5. The molecule has 2 aromatic carbocycles. The first-order valence-electron chi connectivity index (χ1n) is 8.33. The second kappa shape index (κ2) is 9.69. The number of nitriles is 1. The Balaban J connectivity index is 1.89. The van der Waals surface area contributed by atoms with Crippen molar-refractivity contribution in [3.63, 3.8) is 0 Å². The maximum Gasteiger partial charge on any atom is 0.261 e. The quantitative estimate of drug-likeness (QED) is 0.715. The molecule has 0 saturated carbocycles. The molecule has 2 rings (SSSR count). The van der Waals surface area contributed by atoms with Gasteiger partial charge in [-0.3, -0.25) is 4.79 Å². The van der Waals surface area contributed by atoms with Gasteiger partial charge in [0.2, 0.25) is 0 Å². The molecule has 5 nitrogen and oxygen atoms in total. The molecule has 0 bridgehead atoms. The Hall–Kier alpha value is -2.71. The van der Waals surface area contributed by atoms with E-state index in [-0.39, 0.29) is 11.8 Å². The van der Waals surface area contributed by atoms with Crippen LogP contribution in [0.2, 0.25) is 5.02 Å². The van der Waals surface area contributed by atoms with Crippen molar-refractivity contribution in [3.8, 4) is 17.6 Å². The van der Waals surface area contributed by atoms with Crippen molar-refractivity contribution in [1.82, 2.24) is 5.32 Å². The Morgan fingerprint density at radius 3 is 2.69 bits per heavy atom. The molecule has 0 saturated heterocycles. The minimum absolute atomic E-state index is 0.0596. The molecule has 26 heavy (non-hydrogen) atoms. The van der Waals surface area contributed by atoms with Gasteiger partial charge in [0.1, 0.15) is 24.2 Å². The first kappa shape index (κ1) is 19.6. The first-order chi connectivity index (χ1) is 12.5. The van der Waals surface area contributed by atoms with Crippen LogP contribution in [-0.2, 0) is 4.79 Å². The molecule has 1 atom stereocenters. The van der Waals surface area contributed by atoms with E-state index in [2.05, 4.69) is 11.4 Å². The first-order valence-corrected chi connectivity index (χ1v) is 8.71. The number of rotatable bonds is 8. The fraction of sp³-hybridized carbons (Fsp3) is 0.300. The zero-order chi connectivity index (χ0) is 18.9. The standard InChI is InChI=1S/C20H21ClN2O3/c1-14(2)19(26-18-9-4-3-6-15(18)13-22)20(24)23-10-11-25-17-8-5-7-16(21)12-17/h3-9,12,14,19H,10-11H2,1-2H3,(H,23,24). The summed E-state index contributed by atoms with van der Waals surface area (Å²) in [6.07, 6.45) is -0.698.